The van der Waals surface area contributed by atoms with Crippen LogP contribution in [-0.4, -0.2) is 33.0 Å². The van der Waals surface area contributed by atoms with Gasteiger partial charge in [0.1, 0.15) is 5.75 Å². The van der Waals surface area contributed by atoms with Crippen LogP contribution in [0.1, 0.15) is 15.9 Å². The molecule has 8 heteroatoms. The molecule has 0 saturated carbocycles. The standard InChI is InChI=1S/C15H17N3O4S/c1-22-14-5-4-12(9-13(14)15(16)19)23(20,21)18-8-6-11-3-2-7-17-10-11/h2-5,7,9-10,18H,6,8H2,1H3,(H2,16,19). The van der Waals surface area contributed by atoms with Crippen molar-refractivity contribution in [2.24, 2.45) is 5.73 Å². The van der Waals surface area contributed by atoms with Crippen molar-refractivity contribution in [1.29, 1.82) is 0 Å². The molecular weight excluding hydrogens is 318 g/mol. The maximum absolute atomic E-state index is 12.3. The van der Waals surface area contributed by atoms with Gasteiger partial charge in [0, 0.05) is 18.9 Å². The zero-order chi connectivity index (χ0) is 16.9. The van der Waals surface area contributed by atoms with Crippen LogP contribution in [0, 0.1) is 0 Å². The van der Waals surface area contributed by atoms with Gasteiger partial charge in [-0.05, 0) is 36.2 Å². The molecule has 0 saturated heterocycles. The highest BCUT2D eigenvalue weighted by Gasteiger charge is 2.18. The van der Waals surface area contributed by atoms with Crippen LogP contribution in [0.15, 0.2) is 47.6 Å². The van der Waals surface area contributed by atoms with Gasteiger partial charge in [0.25, 0.3) is 5.91 Å². The maximum atomic E-state index is 12.3. The van der Waals surface area contributed by atoms with Gasteiger partial charge < -0.3 is 10.5 Å². The van der Waals surface area contributed by atoms with E-state index in [2.05, 4.69) is 9.71 Å². The molecule has 3 N–H and O–H groups in total. The zero-order valence-corrected chi connectivity index (χ0v) is 13.3. The van der Waals surface area contributed by atoms with Crippen LogP contribution in [0.4, 0.5) is 0 Å². The predicted octanol–water partition coefficient (Wildman–Crippen LogP) is 0.710. The monoisotopic (exact) mass is 335 g/mol. The number of pyridine rings is 1. The molecule has 2 rings (SSSR count). The molecule has 0 bridgehead atoms. The van der Waals surface area contributed by atoms with Gasteiger partial charge >= 0.3 is 0 Å². The van der Waals surface area contributed by atoms with Gasteiger partial charge in [0.05, 0.1) is 17.6 Å². The minimum atomic E-state index is -3.75. The summed E-state index contributed by atoms with van der Waals surface area (Å²) < 4.78 is 32.0. The summed E-state index contributed by atoms with van der Waals surface area (Å²) >= 11 is 0. The first-order valence-electron chi connectivity index (χ1n) is 6.80. The topological polar surface area (TPSA) is 111 Å². The molecule has 0 aliphatic rings. The molecule has 1 aromatic carbocycles. The Balaban J connectivity index is 2.13. The number of aromatic nitrogens is 1. The van der Waals surface area contributed by atoms with Crippen LogP contribution >= 0.6 is 0 Å². The Morgan fingerprint density at radius 3 is 2.74 bits per heavy atom. The van der Waals surface area contributed by atoms with Crippen LogP contribution in [0.2, 0.25) is 0 Å². The van der Waals surface area contributed by atoms with Crippen molar-refractivity contribution < 1.29 is 17.9 Å². The lowest BCUT2D eigenvalue weighted by atomic mass is 10.2. The lowest BCUT2D eigenvalue weighted by Gasteiger charge is -2.10. The van der Waals surface area contributed by atoms with E-state index in [1.54, 1.807) is 18.5 Å². The fraction of sp³-hybridized carbons (Fsp3) is 0.200. The second-order valence-corrected chi connectivity index (χ2v) is 6.50. The number of hydrogen-bond donors (Lipinski definition) is 2. The number of nitrogens with zero attached hydrogens (tertiary/aromatic N) is 1. The van der Waals surface area contributed by atoms with Crippen molar-refractivity contribution in [3.8, 4) is 5.75 Å². The number of methoxy groups -OCH3 is 1. The summed E-state index contributed by atoms with van der Waals surface area (Å²) in [7, 11) is -2.37. The summed E-state index contributed by atoms with van der Waals surface area (Å²) in [6.45, 7) is 0.214. The molecule has 0 aliphatic carbocycles. The van der Waals surface area contributed by atoms with Gasteiger partial charge in [-0.25, -0.2) is 13.1 Å². The molecule has 0 unspecified atom stereocenters. The molecule has 0 radical (unpaired) electrons. The molecule has 23 heavy (non-hydrogen) atoms. The van der Waals surface area contributed by atoms with E-state index in [0.717, 1.165) is 5.56 Å². The molecular formula is C15H17N3O4S. The van der Waals surface area contributed by atoms with Gasteiger partial charge in [0.2, 0.25) is 10.0 Å². The van der Waals surface area contributed by atoms with Crippen LogP contribution in [-0.2, 0) is 16.4 Å². The van der Waals surface area contributed by atoms with E-state index in [1.807, 2.05) is 6.07 Å². The van der Waals surface area contributed by atoms with E-state index in [0.29, 0.717) is 6.42 Å². The first-order chi connectivity index (χ1) is 10.9. The Labute approximate surface area is 134 Å². The third kappa shape index (κ3) is 4.27. The summed E-state index contributed by atoms with van der Waals surface area (Å²) in [5, 5.41) is 0. The largest absolute Gasteiger partial charge is 0.496 e. The highest BCUT2D eigenvalue weighted by atomic mass is 32.2. The summed E-state index contributed by atoms with van der Waals surface area (Å²) in [5.41, 5.74) is 6.17. The van der Waals surface area contributed by atoms with Crippen LogP contribution in [0.3, 0.4) is 0 Å². The number of nitrogens with one attached hydrogen (secondary N) is 1. The molecule has 122 valence electrons. The number of primary amides is 1. The first kappa shape index (κ1) is 16.9. The van der Waals surface area contributed by atoms with Gasteiger partial charge in [-0.15, -0.1) is 0 Å². The fourth-order valence-electron chi connectivity index (χ4n) is 2.01. The summed E-state index contributed by atoms with van der Waals surface area (Å²) in [5.74, 6) is -0.527. The van der Waals surface area contributed by atoms with Gasteiger partial charge in [-0.1, -0.05) is 6.07 Å². The van der Waals surface area contributed by atoms with Crippen LogP contribution < -0.4 is 15.2 Å². The number of amides is 1. The third-order valence-corrected chi connectivity index (χ3v) is 4.63. The minimum absolute atomic E-state index is 0.0163. The quantitative estimate of drug-likeness (QED) is 0.774. The van der Waals surface area contributed by atoms with Gasteiger partial charge in [-0.2, -0.15) is 0 Å². The van der Waals surface area contributed by atoms with Crippen molar-refractivity contribution in [1.82, 2.24) is 9.71 Å². The lowest BCUT2D eigenvalue weighted by molar-refractivity contribution is 0.0997. The minimum Gasteiger partial charge on any atom is -0.496 e. The number of sulfonamides is 1. The van der Waals surface area contributed by atoms with Crippen LogP contribution in [0.5, 0.6) is 5.75 Å². The van der Waals surface area contributed by atoms with E-state index in [9.17, 15) is 13.2 Å². The van der Waals surface area contributed by atoms with Crippen LogP contribution in [0.25, 0.3) is 0 Å². The smallest absolute Gasteiger partial charge is 0.252 e. The first-order valence-corrected chi connectivity index (χ1v) is 8.29. The van der Waals surface area contributed by atoms with E-state index in [4.69, 9.17) is 10.5 Å². The van der Waals surface area contributed by atoms with E-state index in [-0.39, 0.29) is 22.8 Å². The lowest BCUT2D eigenvalue weighted by Crippen LogP contribution is -2.26. The number of hydrogen-bond acceptors (Lipinski definition) is 5. The van der Waals surface area contributed by atoms with Crippen molar-refractivity contribution in [2.45, 2.75) is 11.3 Å². The Morgan fingerprint density at radius 1 is 1.35 bits per heavy atom. The van der Waals surface area contributed by atoms with E-state index < -0.39 is 15.9 Å². The van der Waals surface area contributed by atoms with Crippen molar-refractivity contribution in [3.63, 3.8) is 0 Å². The molecule has 1 heterocycles. The molecule has 0 aliphatic heterocycles. The number of carbonyl (C=O) groups is 1. The molecule has 1 aromatic heterocycles. The Morgan fingerprint density at radius 2 is 2.13 bits per heavy atom. The van der Waals surface area contributed by atoms with E-state index >= 15 is 0 Å². The number of carbonyl (C=O) groups excluding carboxylic acids is 1. The molecule has 2 aromatic rings. The van der Waals surface area contributed by atoms with E-state index in [1.165, 1.54) is 25.3 Å². The second kappa shape index (κ2) is 7.21. The van der Waals surface area contributed by atoms with Crippen molar-refractivity contribution in [2.75, 3.05) is 13.7 Å². The molecule has 7 nitrogen and oxygen atoms in total. The number of benzene rings is 1. The average molecular weight is 335 g/mol. The third-order valence-electron chi connectivity index (χ3n) is 3.18. The Kier molecular flexibility index (Phi) is 5.30. The highest BCUT2D eigenvalue weighted by molar-refractivity contribution is 7.89. The fourth-order valence-corrected chi connectivity index (χ4v) is 3.06. The van der Waals surface area contributed by atoms with Gasteiger partial charge in [0.15, 0.2) is 0 Å². The Bertz CT molecular complexity index is 792. The molecule has 0 atom stereocenters. The normalized spacial score (nSPS) is 11.2. The summed E-state index contributed by atoms with van der Waals surface area (Å²) in [6.07, 6.45) is 3.83. The zero-order valence-electron chi connectivity index (χ0n) is 12.5. The van der Waals surface area contributed by atoms with Gasteiger partial charge in [-0.3, -0.25) is 9.78 Å². The summed E-state index contributed by atoms with van der Waals surface area (Å²) in [6, 6.07) is 7.60. The second-order valence-electron chi connectivity index (χ2n) is 4.74. The maximum Gasteiger partial charge on any atom is 0.252 e. The number of ether oxygens (including phenoxy) is 1. The molecule has 1 amide bonds. The predicted molar refractivity (Wildman–Crippen MR) is 84.6 cm³/mol. The van der Waals surface area contributed by atoms with Crippen molar-refractivity contribution in [3.05, 3.63) is 53.9 Å². The highest BCUT2D eigenvalue weighted by Crippen LogP contribution is 2.21. The molecule has 0 fully saturated rings. The summed E-state index contributed by atoms with van der Waals surface area (Å²) in [4.78, 5) is 15.3. The molecule has 0 spiro atoms. The number of nitrogens with two attached hydrogens (primary N) is 1. The van der Waals surface area contributed by atoms with Crippen molar-refractivity contribution >= 4 is 15.9 Å². The number of rotatable bonds is 7. The SMILES string of the molecule is COc1ccc(S(=O)(=O)NCCc2cccnc2)cc1C(N)=O. The Hall–Kier alpha value is -2.45. The average Bonchev–Trinajstić information content (AvgIpc) is 2.55.